The highest BCUT2D eigenvalue weighted by Crippen LogP contribution is 2.43. The molecule has 1 atom stereocenters. The number of benzene rings is 1. The maximum Gasteiger partial charge on any atom is 0.320 e. The average Bonchev–Trinajstić information content (AvgIpc) is 3.23. The van der Waals surface area contributed by atoms with Crippen molar-refractivity contribution in [1.82, 2.24) is 4.98 Å². The normalized spacial score (nSPS) is 15.6. The van der Waals surface area contributed by atoms with Gasteiger partial charge in [-0.15, -0.1) is 0 Å². The zero-order valence-electron chi connectivity index (χ0n) is 12.0. The van der Waals surface area contributed by atoms with Crippen molar-refractivity contribution in [2.75, 3.05) is 0 Å². The van der Waals surface area contributed by atoms with Crippen LogP contribution in [-0.2, 0) is 11.2 Å². The van der Waals surface area contributed by atoms with E-state index in [1.807, 2.05) is 32.2 Å². The first kappa shape index (κ1) is 14.6. The van der Waals surface area contributed by atoms with Crippen molar-refractivity contribution in [2.24, 2.45) is 5.73 Å². The van der Waals surface area contributed by atoms with Crippen LogP contribution in [0.5, 0.6) is 0 Å². The Morgan fingerprint density at radius 1 is 1.45 bits per heavy atom. The highest BCUT2D eigenvalue weighted by atomic mass is 16.4. The highest BCUT2D eigenvalue weighted by Gasteiger charge is 2.26. The molecule has 0 amide bonds. The summed E-state index contributed by atoms with van der Waals surface area (Å²) in [5.74, 6) is -0.281. The van der Waals surface area contributed by atoms with E-state index in [0.29, 0.717) is 12.3 Å². The van der Waals surface area contributed by atoms with Crippen molar-refractivity contribution in [3.63, 3.8) is 0 Å². The smallest absolute Gasteiger partial charge is 0.320 e. The molecule has 1 heterocycles. The summed E-state index contributed by atoms with van der Waals surface area (Å²) in [5.41, 5.74) is 9.08. The minimum Gasteiger partial charge on any atom is -0.480 e. The highest BCUT2D eigenvalue weighted by molar-refractivity contribution is 5.87. The molecule has 1 aliphatic carbocycles. The van der Waals surface area contributed by atoms with Gasteiger partial charge in [-0.25, -0.2) is 0 Å². The Morgan fingerprint density at radius 3 is 2.75 bits per heavy atom. The van der Waals surface area contributed by atoms with Gasteiger partial charge in [0.15, 0.2) is 0 Å². The van der Waals surface area contributed by atoms with Crippen molar-refractivity contribution in [3.8, 4) is 0 Å². The molecule has 20 heavy (non-hydrogen) atoms. The fourth-order valence-corrected chi connectivity index (χ4v) is 2.46. The fraction of sp³-hybridized carbons (Fsp3) is 0.438. The van der Waals surface area contributed by atoms with E-state index in [1.165, 1.54) is 18.4 Å². The summed E-state index contributed by atoms with van der Waals surface area (Å²) in [5, 5.41) is 9.98. The number of H-pyrrole nitrogens is 1. The van der Waals surface area contributed by atoms with Crippen molar-refractivity contribution in [1.29, 1.82) is 0 Å². The number of carboxylic acids is 1. The summed E-state index contributed by atoms with van der Waals surface area (Å²) < 4.78 is 0. The molecule has 108 valence electrons. The third kappa shape index (κ3) is 2.85. The molecule has 0 aliphatic heterocycles. The van der Waals surface area contributed by atoms with E-state index >= 15 is 0 Å². The van der Waals surface area contributed by atoms with E-state index in [1.54, 1.807) is 0 Å². The van der Waals surface area contributed by atoms with Crippen LogP contribution in [-0.4, -0.2) is 22.1 Å². The number of carboxylic acid groups (broad SMARTS) is 1. The molecule has 0 saturated heterocycles. The van der Waals surface area contributed by atoms with Crippen LogP contribution < -0.4 is 5.73 Å². The van der Waals surface area contributed by atoms with Crippen molar-refractivity contribution >= 4 is 16.9 Å². The van der Waals surface area contributed by atoms with Gasteiger partial charge in [-0.1, -0.05) is 32.0 Å². The van der Waals surface area contributed by atoms with Crippen LogP contribution in [0.1, 0.15) is 43.7 Å². The number of aromatic amines is 1. The summed E-state index contributed by atoms with van der Waals surface area (Å²) in [6.07, 6.45) is 4.76. The minimum atomic E-state index is -0.956. The van der Waals surface area contributed by atoms with Gasteiger partial charge >= 0.3 is 5.97 Å². The number of nitrogens with one attached hydrogen (secondary N) is 1. The SMILES string of the molecule is CC.NC(Cc1c[nH]c2c(C3CC3)cccc12)C(=O)O. The number of hydrogen-bond acceptors (Lipinski definition) is 2. The Kier molecular flexibility index (Phi) is 4.45. The molecule has 0 radical (unpaired) electrons. The van der Waals surface area contributed by atoms with Crippen LogP contribution in [0.3, 0.4) is 0 Å². The number of nitrogens with two attached hydrogens (primary N) is 1. The Hall–Kier alpha value is -1.81. The Morgan fingerprint density at radius 2 is 2.15 bits per heavy atom. The number of carbonyl (C=O) groups is 1. The summed E-state index contributed by atoms with van der Waals surface area (Å²) in [7, 11) is 0. The van der Waals surface area contributed by atoms with Crippen LogP contribution in [0.4, 0.5) is 0 Å². The van der Waals surface area contributed by atoms with Gasteiger partial charge in [0.2, 0.25) is 0 Å². The van der Waals surface area contributed by atoms with Crippen LogP contribution in [0.15, 0.2) is 24.4 Å². The lowest BCUT2D eigenvalue weighted by Gasteiger charge is -2.05. The molecular formula is C16H22N2O2. The van der Waals surface area contributed by atoms with Gasteiger partial charge in [-0.3, -0.25) is 4.79 Å². The van der Waals surface area contributed by atoms with E-state index < -0.39 is 12.0 Å². The predicted molar refractivity (Wildman–Crippen MR) is 80.9 cm³/mol. The number of aromatic nitrogens is 1. The molecule has 4 N–H and O–H groups in total. The van der Waals surface area contributed by atoms with Gasteiger partial charge in [0.1, 0.15) is 6.04 Å². The van der Waals surface area contributed by atoms with E-state index in [4.69, 9.17) is 10.8 Å². The number of para-hydroxylation sites is 1. The molecule has 1 saturated carbocycles. The number of hydrogen-bond donors (Lipinski definition) is 3. The first-order valence-corrected chi connectivity index (χ1v) is 7.24. The van der Waals surface area contributed by atoms with E-state index in [9.17, 15) is 4.79 Å². The fourth-order valence-electron chi connectivity index (χ4n) is 2.46. The predicted octanol–water partition coefficient (Wildman–Crippen LogP) is 3.03. The summed E-state index contributed by atoms with van der Waals surface area (Å²) in [4.78, 5) is 14.1. The first-order chi connectivity index (χ1) is 9.66. The Balaban J connectivity index is 0.000000704. The Bertz CT molecular complexity index is 600. The molecule has 1 aromatic heterocycles. The van der Waals surface area contributed by atoms with Gasteiger partial charge in [0, 0.05) is 23.5 Å². The number of aliphatic carboxylic acids is 1. The van der Waals surface area contributed by atoms with Crippen LogP contribution in [0.25, 0.3) is 10.9 Å². The largest absolute Gasteiger partial charge is 0.480 e. The van der Waals surface area contributed by atoms with Gasteiger partial charge < -0.3 is 15.8 Å². The molecule has 1 unspecified atom stereocenters. The molecule has 4 heteroatoms. The molecule has 0 bridgehead atoms. The summed E-state index contributed by atoms with van der Waals surface area (Å²) in [6.45, 7) is 4.00. The zero-order valence-corrected chi connectivity index (χ0v) is 12.0. The van der Waals surface area contributed by atoms with Crippen LogP contribution in [0.2, 0.25) is 0 Å². The second-order valence-corrected chi connectivity index (χ2v) is 5.01. The second kappa shape index (κ2) is 6.09. The lowest BCUT2D eigenvalue weighted by molar-refractivity contribution is -0.138. The molecule has 3 rings (SSSR count). The lowest BCUT2D eigenvalue weighted by Crippen LogP contribution is -2.32. The monoisotopic (exact) mass is 274 g/mol. The minimum absolute atomic E-state index is 0.365. The van der Waals surface area contributed by atoms with E-state index in [2.05, 4.69) is 11.1 Å². The lowest BCUT2D eigenvalue weighted by atomic mass is 10.0. The molecule has 1 aromatic carbocycles. The van der Waals surface area contributed by atoms with Gasteiger partial charge in [-0.2, -0.15) is 0 Å². The molecule has 4 nitrogen and oxygen atoms in total. The number of fused-ring (bicyclic) bond motifs is 1. The van der Waals surface area contributed by atoms with Crippen molar-refractivity contribution in [2.45, 2.75) is 45.1 Å². The van der Waals surface area contributed by atoms with Gasteiger partial charge in [0.25, 0.3) is 0 Å². The summed E-state index contributed by atoms with van der Waals surface area (Å²) in [6, 6.07) is 5.38. The van der Waals surface area contributed by atoms with Gasteiger partial charge in [0.05, 0.1) is 0 Å². The second-order valence-electron chi connectivity index (χ2n) is 5.01. The number of rotatable bonds is 4. The van der Waals surface area contributed by atoms with Crippen LogP contribution >= 0.6 is 0 Å². The molecule has 1 fully saturated rings. The average molecular weight is 274 g/mol. The zero-order chi connectivity index (χ0) is 14.7. The maximum atomic E-state index is 10.8. The van der Waals surface area contributed by atoms with Gasteiger partial charge in [-0.05, 0) is 29.9 Å². The molecule has 2 aromatic rings. The quantitative estimate of drug-likeness (QED) is 0.801. The molecule has 0 spiro atoms. The van der Waals surface area contributed by atoms with Crippen molar-refractivity contribution in [3.05, 3.63) is 35.5 Å². The topological polar surface area (TPSA) is 79.1 Å². The van der Waals surface area contributed by atoms with Crippen molar-refractivity contribution < 1.29 is 9.90 Å². The first-order valence-electron chi connectivity index (χ1n) is 7.24. The summed E-state index contributed by atoms with van der Waals surface area (Å²) >= 11 is 0. The standard InChI is InChI=1S/C14H16N2O2.C2H6/c15-12(14(17)18)6-9-7-16-13-10(8-4-5-8)2-1-3-11(9)13;1-2/h1-3,7-8,12,16H,4-6,15H2,(H,17,18);1-2H3. The maximum absolute atomic E-state index is 10.8. The van der Waals surface area contributed by atoms with E-state index in [-0.39, 0.29) is 0 Å². The molecule has 1 aliphatic rings. The third-order valence-electron chi connectivity index (χ3n) is 3.61. The van der Waals surface area contributed by atoms with Crippen LogP contribution in [0, 0.1) is 0 Å². The van der Waals surface area contributed by atoms with E-state index in [0.717, 1.165) is 16.5 Å². The third-order valence-corrected chi connectivity index (χ3v) is 3.61. The molecular weight excluding hydrogens is 252 g/mol. The Labute approximate surface area is 119 Å².